The first-order valence-corrected chi connectivity index (χ1v) is 12.4. The number of hydrogen-bond acceptors (Lipinski definition) is 7. The minimum Gasteiger partial charge on any atom is -0.491 e. The molecule has 0 amide bonds. The first-order valence-electron chi connectivity index (χ1n) is 10.8. The average molecular weight is 602 g/mol. The van der Waals surface area contributed by atoms with Gasteiger partial charge in [-0.15, -0.1) is 16.7 Å². The van der Waals surface area contributed by atoms with Crippen molar-refractivity contribution in [2.75, 3.05) is 19.1 Å². The SMILES string of the molecule is CC(C)(c1ccc(OC[C@H](O)CCl)cc1)c1ccc(OC[C@H](O)Cn2nnc(CO)c2I)cc1. The molecule has 0 aliphatic rings. The lowest BCUT2D eigenvalue weighted by atomic mass is 9.78. The molecule has 2 aromatic carbocycles. The second-order valence-electron chi connectivity index (χ2n) is 8.42. The Morgan fingerprint density at radius 3 is 1.88 bits per heavy atom. The summed E-state index contributed by atoms with van der Waals surface area (Å²) < 4.78 is 13.5. The maximum absolute atomic E-state index is 10.3. The Kier molecular flexibility index (Phi) is 9.55. The van der Waals surface area contributed by atoms with Crippen molar-refractivity contribution in [1.29, 1.82) is 0 Å². The topological polar surface area (TPSA) is 110 Å². The second-order valence-corrected chi connectivity index (χ2v) is 9.76. The fourth-order valence-electron chi connectivity index (χ4n) is 3.34. The van der Waals surface area contributed by atoms with Crippen molar-refractivity contribution in [3.8, 4) is 11.5 Å². The van der Waals surface area contributed by atoms with Crippen LogP contribution in [0.5, 0.6) is 11.5 Å². The predicted octanol–water partition coefficient (Wildman–Crippen LogP) is 3.12. The molecule has 8 nitrogen and oxygen atoms in total. The van der Waals surface area contributed by atoms with E-state index in [4.69, 9.17) is 21.1 Å². The number of halogens is 2. The fourth-order valence-corrected chi connectivity index (χ4v) is 4.00. The van der Waals surface area contributed by atoms with Gasteiger partial charge in [-0.05, 0) is 58.0 Å². The molecule has 0 spiro atoms. The molecule has 0 saturated carbocycles. The van der Waals surface area contributed by atoms with Gasteiger partial charge in [0, 0.05) is 5.41 Å². The summed E-state index contributed by atoms with van der Waals surface area (Å²) in [4.78, 5) is 0. The van der Waals surface area contributed by atoms with Crippen molar-refractivity contribution in [1.82, 2.24) is 15.0 Å². The highest BCUT2D eigenvalue weighted by Crippen LogP contribution is 2.33. The van der Waals surface area contributed by atoms with Crippen molar-refractivity contribution < 1.29 is 24.8 Å². The van der Waals surface area contributed by atoms with Crippen molar-refractivity contribution in [2.45, 2.75) is 44.6 Å². The molecule has 1 heterocycles. The normalized spacial score (nSPS) is 13.5. The molecule has 0 aliphatic heterocycles. The van der Waals surface area contributed by atoms with E-state index in [1.807, 2.05) is 71.1 Å². The maximum atomic E-state index is 10.3. The molecule has 0 radical (unpaired) electrons. The zero-order valence-corrected chi connectivity index (χ0v) is 22.0. The third-order valence-electron chi connectivity index (χ3n) is 5.49. The molecule has 2 atom stereocenters. The molecular weight excluding hydrogens is 573 g/mol. The largest absolute Gasteiger partial charge is 0.491 e. The standard InChI is InChI=1S/C24H29ClIN3O5/c1-24(2,16-3-7-20(8-4-16)33-14-18(31)11-25)17-5-9-21(10-6-17)34-15-19(32)12-29-23(26)22(13-30)27-28-29/h3-10,18-19,30-32H,11-15H2,1-2H3/t18-,19-/m1/s1. The van der Waals surface area contributed by atoms with Crippen LogP contribution in [-0.4, -0.2) is 61.6 Å². The highest BCUT2D eigenvalue weighted by Gasteiger charge is 2.23. The van der Waals surface area contributed by atoms with Crippen molar-refractivity contribution in [3.05, 3.63) is 69.1 Å². The second kappa shape index (κ2) is 12.2. The third kappa shape index (κ3) is 6.82. The molecule has 1 aromatic heterocycles. The minimum absolute atomic E-state index is 0.104. The van der Waals surface area contributed by atoms with Crippen molar-refractivity contribution in [3.63, 3.8) is 0 Å². The van der Waals surface area contributed by atoms with Gasteiger partial charge < -0.3 is 24.8 Å². The van der Waals surface area contributed by atoms with E-state index in [1.165, 1.54) is 0 Å². The van der Waals surface area contributed by atoms with Crippen LogP contribution in [0.4, 0.5) is 0 Å². The lowest BCUT2D eigenvalue weighted by molar-refractivity contribution is 0.0881. The molecule has 0 aliphatic carbocycles. The first kappa shape index (κ1) is 26.7. The van der Waals surface area contributed by atoms with E-state index in [-0.39, 0.29) is 37.7 Å². The third-order valence-corrected chi connectivity index (χ3v) is 7.02. The summed E-state index contributed by atoms with van der Waals surface area (Å²) in [5.41, 5.74) is 2.46. The number of benzene rings is 2. The summed E-state index contributed by atoms with van der Waals surface area (Å²) >= 11 is 7.64. The summed E-state index contributed by atoms with van der Waals surface area (Å²) in [6.07, 6.45) is -1.46. The molecule has 0 bridgehead atoms. The number of aliphatic hydroxyl groups is 3. The number of aromatic nitrogens is 3. The van der Waals surface area contributed by atoms with Crippen LogP contribution in [0.1, 0.15) is 30.7 Å². The van der Waals surface area contributed by atoms with Crippen LogP contribution in [0.25, 0.3) is 0 Å². The van der Waals surface area contributed by atoms with E-state index >= 15 is 0 Å². The molecule has 3 aromatic rings. The zero-order chi connectivity index (χ0) is 24.7. The van der Waals surface area contributed by atoms with Gasteiger partial charge in [-0.1, -0.05) is 43.3 Å². The van der Waals surface area contributed by atoms with Crippen molar-refractivity contribution >= 4 is 34.2 Å². The van der Waals surface area contributed by atoms with E-state index < -0.39 is 12.2 Å². The van der Waals surface area contributed by atoms with Crippen LogP contribution < -0.4 is 9.47 Å². The van der Waals surface area contributed by atoms with Gasteiger partial charge in [0.25, 0.3) is 0 Å². The van der Waals surface area contributed by atoms with Crippen LogP contribution in [-0.2, 0) is 18.6 Å². The Labute approximate surface area is 217 Å². The Morgan fingerprint density at radius 2 is 1.44 bits per heavy atom. The smallest absolute Gasteiger partial charge is 0.125 e. The molecule has 34 heavy (non-hydrogen) atoms. The van der Waals surface area contributed by atoms with Gasteiger partial charge in [-0.25, -0.2) is 4.68 Å². The number of alkyl halides is 1. The number of nitrogens with zero attached hydrogens (tertiary/aromatic N) is 3. The van der Waals surface area contributed by atoms with Crippen LogP contribution in [0.15, 0.2) is 48.5 Å². The Hall–Kier alpha value is -1.92. The van der Waals surface area contributed by atoms with Gasteiger partial charge in [0.05, 0.1) is 19.0 Å². The van der Waals surface area contributed by atoms with Crippen LogP contribution in [0.3, 0.4) is 0 Å². The number of hydrogen-bond donors (Lipinski definition) is 3. The van der Waals surface area contributed by atoms with E-state index in [9.17, 15) is 15.3 Å². The summed E-state index contributed by atoms with van der Waals surface area (Å²) in [6.45, 7) is 4.57. The van der Waals surface area contributed by atoms with Gasteiger partial charge >= 0.3 is 0 Å². The van der Waals surface area contributed by atoms with Gasteiger partial charge in [-0.2, -0.15) is 0 Å². The van der Waals surface area contributed by atoms with E-state index in [0.717, 1.165) is 11.1 Å². The molecule has 0 saturated heterocycles. The summed E-state index contributed by atoms with van der Waals surface area (Å²) in [5, 5.41) is 36.8. The number of aliphatic hydroxyl groups excluding tert-OH is 3. The molecule has 0 fully saturated rings. The molecule has 0 unspecified atom stereocenters. The van der Waals surface area contributed by atoms with Crippen LogP contribution in [0, 0.1) is 3.70 Å². The van der Waals surface area contributed by atoms with Crippen LogP contribution >= 0.6 is 34.2 Å². The first-order chi connectivity index (χ1) is 16.2. The Balaban J connectivity index is 1.56. The number of ether oxygens (including phenoxy) is 2. The summed E-state index contributed by atoms with van der Waals surface area (Å²) in [6, 6.07) is 15.6. The van der Waals surface area contributed by atoms with Gasteiger partial charge in [-0.3, -0.25) is 0 Å². The molecule has 184 valence electrons. The van der Waals surface area contributed by atoms with E-state index in [1.54, 1.807) is 4.68 Å². The molecule has 3 rings (SSSR count). The average Bonchev–Trinajstić information content (AvgIpc) is 3.20. The number of rotatable bonds is 12. The summed E-state index contributed by atoms with van der Waals surface area (Å²) in [5.74, 6) is 1.47. The Bertz CT molecular complexity index is 1040. The summed E-state index contributed by atoms with van der Waals surface area (Å²) in [7, 11) is 0. The highest BCUT2D eigenvalue weighted by molar-refractivity contribution is 14.1. The highest BCUT2D eigenvalue weighted by atomic mass is 127. The lowest BCUT2D eigenvalue weighted by Gasteiger charge is -2.26. The zero-order valence-electron chi connectivity index (χ0n) is 19.1. The van der Waals surface area contributed by atoms with Gasteiger partial charge in [0.15, 0.2) is 0 Å². The molecule has 3 N–H and O–H groups in total. The van der Waals surface area contributed by atoms with Gasteiger partial charge in [0.2, 0.25) is 0 Å². The van der Waals surface area contributed by atoms with E-state index in [2.05, 4.69) is 24.2 Å². The monoisotopic (exact) mass is 601 g/mol. The Morgan fingerprint density at radius 1 is 0.941 bits per heavy atom. The van der Waals surface area contributed by atoms with Crippen molar-refractivity contribution in [2.24, 2.45) is 0 Å². The lowest BCUT2D eigenvalue weighted by Crippen LogP contribution is -2.25. The fraction of sp³-hybridized carbons (Fsp3) is 0.417. The maximum Gasteiger partial charge on any atom is 0.125 e. The molecule has 10 heteroatoms. The van der Waals surface area contributed by atoms with Gasteiger partial charge in [0.1, 0.15) is 46.3 Å². The predicted molar refractivity (Wildman–Crippen MR) is 137 cm³/mol. The quantitative estimate of drug-likeness (QED) is 0.216. The van der Waals surface area contributed by atoms with Crippen LogP contribution in [0.2, 0.25) is 0 Å². The minimum atomic E-state index is -0.774. The molecular formula is C24H29ClIN3O5. The van der Waals surface area contributed by atoms with E-state index in [0.29, 0.717) is 20.9 Å².